The molecule has 4 heteroatoms. The quantitative estimate of drug-likeness (QED) is 0.798. The van der Waals surface area contributed by atoms with Gasteiger partial charge in [0.1, 0.15) is 12.4 Å². The van der Waals surface area contributed by atoms with Crippen LogP contribution < -0.4 is 0 Å². The van der Waals surface area contributed by atoms with E-state index in [9.17, 15) is 9.59 Å². The summed E-state index contributed by atoms with van der Waals surface area (Å²) in [6, 6.07) is 8.19. The summed E-state index contributed by atoms with van der Waals surface area (Å²) < 4.78 is 5.00. The highest BCUT2D eigenvalue weighted by atomic mass is 16.5. The summed E-state index contributed by atoms with van der Waals surface area (Å²) in [5.41, 5.74) is 2.35. The molecule has 4 nitrogen and oxygen atoms in total. The maximum Gasteiger partial charge on any atom is 0.329 e. The minimum atomic E-state index is -0.943. The summed E-state index contributed by atoms with van der Waals surface area (Å²) >= 11 is 0. The molecule has 2 rings (SSSR count). The molecular weight excluding hydrogens is 244 g/mol. The number of carboxylic acid groups (broad SMARTS) is 1. The van der Waals surface area contributed by atoms with Gasteiger partial charge >= 0.3 is 5.97 Å². The van der Waals surface area contributed by atoms with Crippen LogP contribution in [0.5, 0.6) is 0 Å². The van der Waals surface area contributed by atoms with E-state index in [1.807, 2.05) is 12.1 Å². The minimum absolute atomic E-state index is 0.248. The molecule has 1 aliphatic carbocycles. The number of carboxylic acids is 1. The molecule has 1 unspecified atom stereocenters. The van der Waals surface area contributed by atoms with Gasteiger partial charge in [-0.3, -0.25) is 4.79 Å². The Labute approximate surface area is 112 Å². The second kappa shape index (κ2) is 6.48. The summed E-state index contributed by atoms with van der Waals surface area (Å²) in [5.74, 6) is -0.206. The average Bonchev–Trinajstić information content (AvgIpc) is 2.82. The standard InChI is InChI=1S/C15H18O4/c16-14-6-5-13(9-14)12-3-1-11(2-4-12)7-8-19-10-15(17)18/h1-4,13H,5-10H2,(H,17,18). The van der Waals surface area contributed by atoms with E-state index in [0.717, 1.165) is 12.0 Å². The molecule has 1 aromatic carbocycles. The van der Waals surface area contributed by atoms with Gasteiger partial charge in [0.2, 0.25) is 0 Å². The van der Waals surface area contributed by atoms with E-state index in [1.54, 1.807) is 0 Å². The molecule has 19 heavy (non-hydrogen) atoms. The number of ketones is 1. The highest BCUT2D eigenvalue weighted by Crippen LogP contribution is 2.31. The Kier molecular flexibility index (Phi) is 4.68. The predicted octanol–water partition coefficient (Wildman–Crippen LogP) is 2.17. The van der Waals surface area contributed by atoms with Crippen molar-refractivity contribution in [3.8, 4) is 0 Å². The van der Waals surface area contributed by atoms with Crippen LogP contribution in [0, 0.1) is 0 Å². The van der Waals surface area contributed by atoms with Crippen LogP contribution in [0.2, 0.25) is 0 Å². The predicted molar refractivity (Wildman–Crippen MR) is 70.2 cm³/mol. The number of hydrogen-bond acceptors (Lipinski definition) is 3. The van der Waals surface area contributed by atoms with Crippen molar-refractivity contribution in [2.75, 3.05) is 13.2 Å². The molecule has 1 atom stereocenters. The van der Waals surface area contributed by atoms with Crippen LogP contribution in [0.1, 0.15) is 36.3 Å². The lowest BCUT2D eigenvalue weighted by atomic mass is 9.96. The normalized spacial score (nSPS) is 18.7. The number of Topliss-reactive ketones (excluding diaryl/α,β-unsaturated/α-hetero) is 1. The molecule has 1 fully saturated rings. The van der Waals surface area contributed by atoms with Gasteiger partial charge in [0, 0.05) is 12.8 Å². The largest absolute Gasteiger partial charge is 0.480 e. The molecule has 0 aliphatic heterocycles. The van der Waals surface area contributed by atoms with E-state index < -0.39 is 5.97 Å². The third-order valence-electron chi connectivity index (χ3n) is 3.46. The van der Waals surface area contributed by atoms with Crippen molar-refractivity contribution in [1.29, 1.82) is 0 Å². The van der Waals surface area contributed by atoms with E-state index in [4.69, 9.17) is 9.84 Å². The molecule has 0 amide bonds. The Hall–Kier alpha value is -1.68. The van der Waals surface area contributed by atoms with E-state index in [0.29, 0.717) is 37.6 Å². The third-order valence-corrected chi connectivity index (χ3v) is 3.46. The second-order valence-electron chi connectivity index (χ2n) is 4.92. The monoisotopic (exact) mass is 262 g/mol. The number of carbonyl (C=O) groups is 2. The Morgan fingerprint density at radius 1 is 1.32 bits per heavy atom. The zero-order valence-corrected chi connectivity index (χ0v) is 10.8. The number of benzene rings is 1. The number of rotatable bonds is 6. The van der Waals surface area contributed by atoms with Crippen molar-refractivity contribution in [1.82, 2.24) is 0 Å². The zero-order valence-electron chi connectivity index (χ0n) is 10.8. The van der Waals surface area contributed by atoms with Crippen LogP contribution in [0.3, 0.4) is 0 Å². The molecule has 1 saturated carbocycles. The number of ether oxygens (including phenoxy) is 1. The molecule has 0 bridgehead atoms. The summed E-state index contributed by atoms with van der Waals surface area (Å²) in [6.45, 7) is 0.163. The van der Waals surface area contributed by atoms with Crippen LogP contribution in [0.25, 0.3) is 0 Å². The lowest BCUT2D eigenvalue weighted by Gasteiger charge is -2.09. The Bertz CT molecular complexity index is 450. The van der Waals surface area contributed by atoms with Gasteiger partial charge in [-0.1, -0.05) is 24.3 Å². The van der Waals surface area contributed by atoms with E-state index >= 15 is 0 Å². The molecular formula is C15H18O4. The van der Waals surface area contributed by atoms with Crippen LogP contribution >= 0.6 is 0 Å². The van der Waals surface area contributed by atoms with E-state index in [1.165, 1.54) is 5.56 Å². The molecule has 0 spiro atoms. The molecule has 0 radical (unpaired) electrons. The lowest BCUT2D eigenvalue weighted by Crippen LogP contribution is -2.09. The Morgan fingerprint density at radius 3 is 2.63 bits per heavy atom. The minimum Gasteiger partial charge on any atom is -0.480 e. The van der Waals surface area contributed by atoms with Gasteiger partial charge in [0.25, 0.3) is 0 Å². The summed E-state index contributed by atoms with van der Waals surface area (Å²) in [6.07, 6.45) is 3.04. The van der Waals surface area contributed by atoms with Crippen LogP contribution in [-0.4, -0.2) is 30.1 Å². The fraction of sp³-hybridized carbons (Fsp3) is 0.467. The first-order valence-electron chi connectivity index (χ1n) is 6.55. The van der Waals surface area contributed by atoms with Crippen molar-refractivity contribution < 1.29 is 19.4 Å². The molecule has 0 aromatic heterocycles. The fourth-order valence-corrected chi connectivity index (χ4v) is 2.40. The topological polar surface area (TPSA) is 63.6 Å². The average molecular weight is 262 g/mol. The SMILES string of the molecule is O=C(O)COCCc1ccc(C2CCC(=O)C2)cc1. The molecule has 1 aliphatic rings. The third kappa shape index (κ3) is 4.17. The maximum atomic E-state index is 11.3. The van der Waals surface area contributed by atoms with Crippen LogP contribution in [0.15, 0.2) is 24.3 Å². The number of hydrogen-bond donors (Lipinski definition) is 1. The van der Waals surface area contributed by atoms with Gasteiger partial charge in [-0.2, -0.15) is 0 Å². The number of carbonyl (C=O) groups excluding carboxylic acids is 1. The second-order valence-corrected chi connectivity index (χ2v) is 4.92. The highest BCUT2D eigenvalue weighted by molar-refractivity contribution is 5.81. The molecule has 1 aromatic rings. The first-order valence-corrected chi connectivity index (χ1v) is 6.55. The van der Waals surface area contributed by atoms with Gasteiger partial charge in [0.05, 0.1) is 6.61 Å². The number of aliphatic carboxylic acids is 1. The highest BCUT2D eigenvalue weighted by Gasteiger charge is 2.23. The zero-order chi connectivity index (χ0) is 13.7. The smallest absolute Gasteiger partial charge is 0.329 e. The van der Waals surface area contributed by atoms with Crippen molar-refractivity contribution >= 4 is 11.8 Å². The van der Waals surface area contributed by atoms with Gasteiger partial charge in [-0.05, 0) is 29.9 Å². The molecule has 1 N–H and O–H groups in total. The van der Waals surface area contributed by atoms with Gasteiger partial charge in [0.15, 0.2) is 0 Å². The first-order chi connectivity index (χ1) is 9.15. The van der Waals surface area contributed by atoms with Gasteiger partial charge < -0.3 is 9.84 Å². The lowest BCUT2D eigenvalue weighted by molar-refractivity contribution is -0.142. The van der Waals surface area contributed by atoms with Crippen molar-refractivity contribution in [3.63, 3.8) is 0 Å². The summed E-state index contributed by atoms with van der Waals surface area (Å²) in [5, 5.41) is 8.44. The molecule has 0 saturated heterocycles. The summed E-state index contributed by atoms with van der Waals surface area (Å²) in [7, 11) is 0. The van der Waals surface area contributed by atoms with Crippen molar-refractivity contribution in [3.05, 3.63) is 35.4 Å². The first kappa shape index (κ1) is 13.7. The fourth-order valence-electron chi connectivity index (χ4n) is 2.40. The van der Waals surface area contributed by atoms with E-state index in [-0.39, 0.29) is 6.61 Å². The van der Waals surface area contributed by atoms with Crippen molar-refractivity contribution in [2.24, 2.45) is 0 Å². The molecule has 102 valence electrons. The van der Waals surface area contributed by atoms with Gasteiger partial charge in [-0.15, -0.1) is 0 Å². The van der Waals surface area contributed by atoms with Gasteiger partial charge in [-0.25, -0.2) is 4.79 Å². The van der Waals surface area contributed by atoms with Crippen LogP contribution in [0.4, 0.5) is 0 Å². The Balaban J connectivity index is 1.81. The Morgan fingerprint density at radius 2 is 2.05 bits per heavy atom. The van der Waals surface area contributed by atoms with Crippen LogP contribution in [-0.2, 0) is 20.7 Å². The summed E-state index contributed by atoms with van der Waals surface area (Å²) in [4.78, 5) is 21.5. The molecule has 0 heterocycles. The maximum absolute atomic E-state index is 11.3. The van der Waals surface area contributed by atoms with E-state index in [2.05, 4.69) is 12.1 Å². The van der Waals surface area contributed by atoms with Crippen molar-refractivity contribution in [2.45, 2.75) is 31.6 Å².